The molecule has 2 amide bonds. The lowest BCUT2D eigenvalue weighted by atomic mass is 10.1. The van der Waals surface area contributed by atoms with E-state index < -0.39 is 11.8 Å². The second-order valence-corrected chi connectivity index (χ2v) is 6.11. The molecule has 0 aliphatic carbocycles. The van der Waals surface area contributed by atoms with Crippen molar-refractivity contribution >= 4 is 35.0 Å². The number of rotatable bonds is 2. The van der Waals surface area contributed by atoms with Gasteiger partial charge in [-0.05, 0) is 17.7 Å². The molecular formula is C14H15Cl2N3O2. The van der Waals surface area contributed by atoms with Crippen molar-refractivity contribution in [1.82, 2.24) is 15.1 Å². The van der Waals surface area contributed by atoms with Gasteiger partial charge in [0.15, 0.2) is 0 Å². The van der Waals surface area contributed by atoms with Crippen LogP contribution < -0.4 is 5.32 Å². The van der Waals surface area contributed by atoms with Crippen LogP contribution in [0.25, 0.3) is 0 Å². The van der Waals surface area contributed by atoms with Gasteiger partial charge in [-0.1, -0.05) is 29.3 Å². The maximum Gasteiger partial charge on any atom is 0.312 e. The number of fused-ring (bicyclic) bond motifs is 1. The van der Waals surface area contributed by atoms with Gasteiger partial charge >= 0.3 is 11.8 Å². The molecular weight excluding hydrogens is 313 g/mol. The molecule has 2 saturated heterocycles. The van der Waals surface area contributed by atoms with Crippen molar-refractivity contribution in [3.8, 4) is 0 Å². The van der Waals surface area contributed by atoms with Gasteiger partial charge in [0.1, 0.15) is 0 Å². The van der Waals surface area contributed by atoms with Gasteiger partial charge in [-0.15, -0.1) is 0 Å². The fourth-order valence-corrected chi connectivity index (χ4v) is 3.10. The highest BCUT2D eigenvalue weighted by Crippen LogP contribution is 2.24. The predicted molar refractivity (Wildman–Crippen MR) is 80.2 cm³/mol. The topological polar surface area (TPSA) is 52.7 Å². The molecule has 1 unspecified atom stereocenters. The molecule has 1 aromatic carbocycles. The van der Waals surface area contributed by atoms with E-state index in [1.54, 1.807) is 21.9 Å². The molecule has 1 N–H and O–H groups in total. The summed E-state index contributed by atoms with van der Waals surface area (Å²) in [6, 6.07) is 5.29. The monoisotopic (exact) mass is 327 g/mol. The van der Waals surface area contributed by atoms with E-state index in [9.17, 15) is 9.59 Å². The van der Waals surface area contributed by atoms with Crippen LogP contribution in [-0.2, 0) is 16.1 Å². The van der Waals surface area contributed by atoms with Crippen LogP contribution in [0.5, 0.6) is 0 Å². The maximum absolute atomic E-state index is 12.2. The summed E-state index contributed by atoms with van der Waals surface area (Å²) < 4.78 is 0. The highest BCUT2D eigenvalue weighted by molar-refractivity contribution is 6.42. The van der Waals surface area contributed by atoms with Gasteiger partial charge in [-0.3, -0.25) is 9.59 Å². The van der Waals surface area contributed by atoms with Crippen LogP contribution >= 0.6 is 23.2 Å². The minimum Gasteiger partial charge on any atom is -0.328 e. The molecule has 0 spiro atoms. The zero-order valence-corrected chi connectivity index (χ0v) is 12.8. The van der Waals surface area contributed by atoms with Crippen LogP contribution in [0.3, 0.4) is 0 Å². The Labute approximate surface area is 132 Å². The zero-order chi connectivity index (χ0) is 15.0. The number of amides is 2. The number of carbonyl (C=O) groups excluding carboxylic acids is 2. The molecule has 0 saturated carbocycles. The molecule has 2 heterocycles. The molecule has 21 heavy (non-hydrogen) atoms. The minimum absolute atomic E-state index is 0.0479. The molecule has 112 valence electrons. The summed E-state index contributed by atoms with van der Waals surface area (Å²) in [5.41, 5.74) is 0.864. The van der Waals surface area contributed by atoms with Gasteiger partial charge in [0.2, 0.25) is 0 Å². The molecule has 5 nitrogen and oxygen atoms in total. The summed E-state index contributed by atoms with van der Waals surface area (Å²) in [5, 5.41) is 4.18. The predicted octanol–water partition coefficient (Wildman–Crippen LogP) is 1.14. The van der Waals surface area contributed by atoms with E-state index in [0.717, 1.165) is 18.7 Å². The lowest BCUT2D eigenvalue weighted by molar-refractivity contribution is -0.160. The number of piperazine rings is 2. The largest absolute Gasteiger partial charge is 0.328 e. The first kappa shape index (κ1) is 14.6. The van der Waals surface area contributed by atoms with E-state index in [1.165, 1.54) is 0 Å². The lowest BCUT2D eigenvalue weighted by Gasteiger charge is -2.43. The third-order valence-electron chi connectivity index (χ3n) is 3.87. The molecule has 1 atom stereocenters. The van der Waals surface area contributed by atoms with Crippen LogP contribution in [0.2, 0.25) is 10.0 Å². The van der Waals surface area contributed by atoms with Crippen molar-refractivity contribution in [2.45, 2.75) is 12.6 Å². The second-order valence-electron chi connectivity index (χ2n) is 5.29. The molecule has 2 aliphatic rings. The van der Waals surface area contributed by atoms with Crippen LogP contribution in [0.15, 0.2) is 18.2 Å². The fourth-order valence-electron chi connectivity index (χ4n) is 2.78. The summed E-state index contributed by atoms with van der Waals surface area (Å²) in [5.74, 6) is -0.855. The van der Waals surface area contributed by atoms with Gasteiger partial charge < -0.3 is 15.1 Å². The van der Waals surface area contributed by atoms with E-state index in [0.29, 0.717) is 29.7 Å². The second kappa shape index (κ2) is 5.83. The number of hydrogen-bond donors (Lipinski definition) is 1. The normalized spacial score (nSPS) is 22.5. The number of nitrogens with one attached hydrogen (secondary N) is 1. The van der Waals surface area contributed by atoms with Crippen LogP contribution in [0.4, 0.5) is 0 Å². The van der Waals surface area contributed by atoms with Gasteiger partial charge in [0, 0.05) is 32.7 Å². The first-order valence-corrected chi connectivity index (χ1v) is 7.56. The summed E-state index contributed by atoms with van der Waals surface area (Å²) in [6.07, 6.45) is 0. The molecule has 0 aromatic heterocycles. The van der Waals surface area contributed by atoms with Crippen molar-refractivity contribution in [3.05, 3.63) is 33.8 Å². The van der Waals surface area contributed by atoms with E-state index in [4.69, 9.17) is 23.2 Å². The van der Waals surface area contributed by atoms with E-state index in [2.05, 4.69) is 5.32 Å². The minimum atomic E-state index is -0.445. The fraction of sp³-hybridized carbons (Fsp3) is 0.429. The van der Waals surface area contributed by atoms with Crippen LogP contribution in [0, 0.1) is 0 Å². The summed E-state index contributed by atoms with van der Waals surface area (Å²) in [7, 11) is 0. The third-order valence-corrected chi connectivity index (χ3v) is 4.61. The summed E-state index contributed by atoms with van der Waals surface area (Å²) >= 11 is 11.9. The zero-order valence-electron chi connectivity index (χ0n) is 11.3. The number of hydrogen-bond acceptors (Lipinski definition) is 3. The summed E-state index contributed by atoms with van der Waals surface area (Å²) in [6.45, 7) is 2.96. The number of nitrogens with zero attached hydrogens (tertiary/aromatic N) is 2. The van der Waals surface area contributed by atoms with Crippen LogP contribution in [-0.4, -0.2) is 53.8 Å². The van der Waals surface area contributed by atoms with E-state index in [-0.39, 0.29) is 6.04 Å². The van der Waals surface area contributed by atoms with Crippen molar-refractivity contribution in [3.63, 3.8) is 0 Å². The quantitative estimate of drug-likeness (QED) is 0.829. The molecule has 1 aromatic rings. The highest BCUT2D eigenvalue weighted by atomic mass is 35.5. The smallest absolute Gasteiger partial charge is 0.312 e. The molecule has 2 aliphatic heterocycles. The number of benzene rings is 1. The van der Waals surface area contributed by atoms with Gasteiger partial charge in [0.05, 0.1) is 16.1 Å². The Kier molecular flexibility index (Phi) is 4.06. The Balaban J connectivity index is 1.77. The van der Waals surface area contributed by atoms with Crippen molar-refractivity contribution in [1.29, 1.82) is 0 Å². The Morgan fingerprint density at radius 2 is 2.00 bits per heavy atom. The van der Waals surface area contributed by atoms with Crippen LogP contribution in [0.1, 0.15) is 5.56 Å². The molecule has 2 fully saturated rings. The number of carbonyl (C=O) groups is 2. The molecule has 3 rings (SSSR count). The van der Waals surface area contributed by atoms with Gasteiger partial charge in [-0.25, -0.2) is 0 Å². The van der Waals surface area contributed by atoms with Crippen molar-refractivity contribution < 1.29 is 9.59 Å². The molecule has 0 radical (unpaired) electrons. The Hall–Kier alpha value is -1.30. The van der Waals surface area contributed by atoms with E-state index in [1.807, 2.05) is 6.07 Å². The highest BCUT2D eigenvalue weighted by Gasteiger charge is 2.39. The Bertz CT molecular complexity index is 594. The van der Waals surface area contributed by atoms with E-state index >= 15 is 0 Å². The first-order valence-electron chi connectivity index (χ1n) is 6.81. The average Bonchev–Trinajstić information content (AvgIpc) is 2.48. The Morgan fingerprint density at radius 1 is 1.19 bits per heavy atom. The van der Waals surface area contributed by atoms with Gasteiger partial charge in [0.25, 0.3) is 0 Å². The maximum atomic E-state index is 12.2. The van der Waals surface area contributed by atoms with Gasteiger partial charge in [-0.2, -0.15) is 0 Å². The Morgan fingerprint density at radius 3 is 2.76 bits per heavy atom. The SMILES string of the molecule is O=C1C(=O)N2CCNCC2CN1Cc1ccc(Cl)c(Cl)c1. The molecule has 0 bridgehead atoms. The number of halogens is 2. The third kappa shape index (κ3) is 2.86. The summed E-state index contributed by atoms with van der Waals surface area (Å²) in [4.78, 5) is 27.6. The van der Waals surface area contributed by atoms with Crippen molar-refractivity contribution in [2.75, 3.05) is 26.2 Å². The van der Waals surface area contributed by atoms with Crippen molar-refractivity contribution in [2.24, 2.45) is 0 Å². The average molecular weight is 328 g/mol. The lowest BCUT2D eigenvalue weighted by Crippen LogP contribution is -2.65. The molecule has 7 heteroatoms. The standard InChI is InChI=1S/C14H15Cl2N3O2/c15-11-2-1-9(5-12(11)16)7-18-8-10-6-17-3-4-19(10)14(21)13(18)20/h1-2,5,10,17H,3-4,6-8H2. The first-order chi connectivity index (χ1) is 10.1.